The van der Waals surface area contributed by atoms with Crippen molar-refractivity contribution in [2.75, 3.05) is 0 Å². The Morgan fingerprint density at radius 3 is 1.20 bits per heavy atom. The van der Waals surface area contributed by atoms with Gasteiger partial charge >= 0.3 is 0 Å². The maximum atomic E-state index is 5.06. The molecule has 0 aliphatic carbocycles. The molecule has 0 radical (unpaired) electrons. The van der Waals surface area contributed by atoms with Gasteiger partial charge in [-0.05, 0) is 68.2 Å². The lowest BCUT2D eigenvalue weighted by Gasteiger charge is -2.28. The molecule has 0 aliphatic rings. The molecule has 0 spiro atoms. The first-order chi connectivity index (χ1) is 18.2. The highest BCUT2D eigenvalue weighted by molar-refractivity contribution is 7.99. The van der Waals surface area contributed by atoms with E-state index in [1.807, 2.05) is 23.5 Å². The van der Waals surface area contributed by atoms with E-state index >= 15 is 0 Å². The first-order valence-corrected chi connectivity index (χ1v) is 17.0. The molecular formula is C35H49NS4. The van der Waals surface area contributed by atoms with E-state index in [1.54, 1.807) is 0 Å². The van der Waals surface area contributed by atoms with Crippen molar-refractivity contribution in [2.45, 2.75) is 136 Å². The molecule has 3 aromatic rings. The lowest BCUT2D eigenvalue weighted by molar-refractivity contribution is 0.554. The van der Waals surface area contributed by atoms with Crippen molar-refractivity contribution in [3.63, 3.8) is 0 Å². The third-order valence-corrected chi connectivity index (χ3v) is 10.5. The number of thioether (sulfide) groups is 2. The van der Waals surface area contributed by atoms with E-state index in [0.29, 0.717) is 0 Å². The first kappa shape index (κ1) is 33.5. The summed E-state index contributed by atoms with van der Waals surface area (Å²) < 4.78 is 0. The van der Waals surface area contributed by atoms with Gasteiger partial charge in [-0.3, -0.25) is 4.98 Å². The maximum absolute atomic E-state index is 5.06. The molecule has 2 aromatic carbocycles. The van der Waals surface area contributed by atoms with Crippen LogP contribution in [-0.4, -0.2) is 4.98 Å². The van der Waals surface area contributed by atoms with E-state index in [-0.39, 0.29) is 21.7 Å². The Morgan fingerprint density at radius 1 is 0.550 bits per heavy atom. The average molecular weight is 612 g/mol. The average Bonchev–Trinajstić information content (AvgIpc) is 2.80. The fourth-order valence-corrected chi connectivity index (χ4v) is 7.60. The minimum atomic E-state index is 0.0338. The Hall–Kier alpha value is -1.01. The number of rotatable bonds is 6. The molecule has 1 heterocycles. The summed E-state index contributed by atoms with van der Waals surface area (Å²) in [7, 11) is 0. The number of aromatic nitrogens is 1. The molecule has 0 unspecified atom stereocenters. The van der Waals surface area contributed by atoms with Gasteiger partial charge in [0.2, 0.25) is 0 Å². The summed E-state index contributed by atoms with van der Waals surface area (Å²) in [5.74, 6) is 1.63. The van der Waals surface area contributed by atoms with Gasteiger partial charge in [-0.2, -0.15) is 0 Å². The Morgan fingerprint density at radius 2 is 0.900 bits per heavy atom. The SMILES string of the molecule is CC(C)(C)c1cc(SCc2cccc(CSc3cc(C(C)(C)C)cc(C(C)(C)C)c3S)n2)c(S)c(C(C)(C)C)c1. The highest BCUT2D eigenvalue weighted by atomic mass is 32.2. The Labute approximate surface area is 264 Å². The van der Waals surface area contributed by atoms with Crippen LogP contribution in [0.3, 0.4) is 0 Å². The van der Waals surface area contributed by atoms with E-state index in [2.05, 4.69) is 126 Å². The second kappa shape index (κ2) is 12.3. The zero-order valence-electron chi connectivity index (χ0n) is 26.6. The monoisotopic (exact) mass is 611 g/mol. The molecule has 218 valence electrons. The highest BCUT2D eigenvalue weighted by Crippen LogP contribution is 2.42. The van der Waals surface area contributed by atoms with Crippen molar-refractivity contribution >= 4 is 48.8 Å². The number of hydrogen-bond donors (Lipinski definition) is 2. The molecule has 0 bridgehead atoms. The zero-order valence-corrected chi connectivity index (χ0v) is 30.0. The maximum Gasteiger partial charge on any atom is 0.0509 e. The van der Waals surface area contributed by atoms with Crippen LogP contribution < -0.4 is 0 Å². The molecule has 40 heavy (non-hydrogen) atoms. The summed E-state index contributed by atoms with van der Waals surface area (Å²) >= 11 is 13.7. The second-order valence-electron chi connectivity index (χ2n) is 14.9. The van der Waals surface area contributed by atoms with E-state index in [9.17, 15) is 0 Å². The summed E-state index contributed by atoms with van der Waals surface area (Å²) in [6.07, 6.45) is 0. The van der Waals surface area contributed by atoms with Crippen molar-refractivity contribution in [2.24, 2.45) is 0 Å². The van der Waals surface area contributed by atoms with E-state index in [4.69, 9.17) is 30.2 Å². The summed E-state index contributed by atoms with van der Waals surface area (Å²) in [6.45, 7) is 27.3. The third-order valence-electron chi connectivity index (χ3n) is 7.11. The summed E-state index contributed by atoms with van der Waals surface area (Å²) in [4.78, 5) is 9.70. The minimum absolute atomic E-state index is 0.0338. The van der Waals surface area contributed by atoms with Crippen molar-refractivity contribution < 1.29 is 0 Å². The Bertz CT molecular complexity index is 1250. The molecule has 5 heteroatoms. The lowest BCUT2D eigenvalue weighted by Crippen LogP contribution is -2.17. The van der Waals surface area contributed by atoms with E-state index in [0.717, 1.165) is 32.7 Å². The molecule has 3 rings (SSSR count). The molecule has 0 saturated carbocycles. The van der Waals surface area contributed by atoms with Gasteiger partial charge in [-0.25, -0.2) is 0 Å². The van der Waals surface area contributed by atoms with Crippen LogP contribution in [0.15, 0.2) is 62.0 Å². The Kier molecular flexibility index (Phi) is 10.3. The van der Waals surface area contributed by atoms with Crippen LogP contribution in [0.25, 0.3) is 0 Å². The summed E-state index contributed by atoms with van der Waals surface area (Å²) in [6, 6.07) is 15.8. The molecule has 1 nitrogen and oxygen atoms in total. The van der Waals surface area contributed by atoms with Gasteiger partial charge in [0.05, 0.1) is 11.4 Å². The van der Waals surface area contributed by atoms with Crippen LogP contribution in [0.5, 0.6) is 0 Å². The third kappa shape index (κ3) is 8.52. The topological polar surface area (TPSA) is 12.9 Å². The standard InChI is InChI=1S/C35H49NS4/c1-32(2,3)22-16-26(34(7,8)9)30(37)28(18-22)39-20-24-14-13-15-25(36-24)21-40-29-19-23(33(4,5)6)17-27(31(29)38)35(10,11)12/h13-19,37-38H,20-21H2,1-12H3. The lowest BCUT2D eigenvalue weighted by atomic mass is 9.80. The summed E-state index contributed by atoms with van der Waals surface area (Å²) in [5, 5.41) is 0. The van der Waals surface area contributed by atoms with Crippen LogP contribution in [0, 0.1) is 0 Å². The second-order valence-corrected chi connectivity index (χ2v) is 17.9. The van der Waals surface area contributed by atoms with Gasteiger partial charge < -0.3 is 0 Å². The molecule has 0 atom stereocenters. The van der Waals surface area contributed by atoms with Gasteiger partial charge in [0, 0.05) is 31.1 Å². The van der Waals surface area contributed by atoms with Crippen LogP contribution in [-0.2, 0) is 33.2 Å². The number of nitrogens with zero attached hydrogens (tertiary/aromatic N) is 1. The van der Waals surface area contributed by atoms with Gasteiger partial charge in [-0.15, -0.1) is 48.8 Å². The van der Waals surface area contributed by atoms with Crippen LogP contribution >= 0.6 is 48.8 Å². The largest absolute Gasteiger partial charge is 0.256 e. The molecule has 0 fully saturated rings. The predicted octanol–water partition coefficient (Wildman–Crippen LogP) is 11.4. The Balaban J connectivity index is 1.84. The minimum Gasteiger partial charge on any atom is -0.256 e. The number of thiol groups is 2. The highest BCUT2D eigenvalue weighted by Gasteiger charge is 2.25. The molecule has 1 aromatic heterocycles. The number of hydrogen-bond acceptors (Lipinski definition) is 5. The molecular weight excluding hydrogens is 563 g/mol. The van der Waals surface area contributed by atoms with Crippen molar-refractivity contribution in [3.8, 4) is 0 Å². The molecule has 0 aliphatic heterocycles. The van der Waals surface area contributed by atoms with Crippen LogP contribution in [0.2, 0.25) is 0 Å². The van der Waals surface area contributed by atoms with Gasteiger partial charge in [0.1, 0.15) is 0 Å². The molecule has 0 N–H and O–H groups in total. The van der Waals surface area contributed by atoms with Gasteiger partial charge in [0.15, 0.2) is 0 Å². The fourth-order valence-electron chi connectivity index (χ4n) is 4.44. The predicted molar refractivity (Wildman–Crippen MR) is 186 cm³/mol. The number of pyridine rings is 1. The smallest absolute Gasteiger partial charge is 0.0509 e. The van der Waals surface area contributed by atoms with Crippen LogP contribution in [0.4, 0.5) is 0 Å². The normalized spacial score (nSPS) is 13.2. The van der Waals surface area contributed by atoms with Gasteiger partial charge in [0.25, 0.3) is 0 Å². The van der Waals surface area contributed by atoms with Crippen molar-refractivity contribution in [1.82, 2.24) is 4.98 Å². The van der Waals surface area contributed by atoms with E-state index < -0.39 is 0 Å². The quantitative estimate of drug-likeness (QED) is 0.213. The van der Waals surface area contributed by atoms with Crippen LogP contribution in [0.1, 0.15) is 117 Å². The van der Waals surface area contributed by atoms with Gasteiger partial charge in [-0.1, -0.05) is 101 Å². The van der Waals surface area contributed by atoms with E-state index in [1.165, 1.54) is 32.0 Å². The molecule has 0 saturated heterocycles. The zero-order chi connectivity index (χ0) is 30.3. The van der Waals surface area contributed by atoms with Crippen molar-refractivity contribution in [1.29, 1.82) is 0 Å². The summed E-state index contributed by atoms with van der Waals surface area (Å²) in [5.41, 5.74) is 7.73. The molecule has 0 amide bonds. The number of benzene rings is 2. The fraction of sp³-hybridized carbons (Fsp3) is 0.514. The van der Waals surface area contributed by atoms with Crippen molar-refractivity contribution in [3.05, 3.63) is 76.1 Å². The first-order valence-electron chi connectivity index (χ1n) is 14.1.